The number of alkyl halides is 3. The Morgan fingerprint density at radius 2 is 1.44 bits per heavy atom. The van der Waals surface area contributed by atoms with Gasteiger partial charge in [0.15, 0.2) is 0 Å². The van der Waals surface area contributed by atoms with Crippen LogP contribution in [0.25, 0.3) is 0 Å². The molecule has 1 heterocycles. The topological polar surface area (TPSA) is 6.48 Å². The van der Waals surface area contributed by atoms with Crippen LogP contribution in [0.1, 0.15) is 34.8 Å². The van der Waals surface area contributed by atoms with Crippen LogP contribution in [-0.2, 0) is 19.3 Å². The van der Waals surface area contributed by atoms with Crippen LogP contribution in [-0.4, -0.2) is 22.9 Å². The zero-order valence-corrected chi connectivity index (χ0v) is 18.1. The minimum Gasteiger partial charge on any atom is -0.280 e. The zero-order valence-electron chi connectivity index (χ0n) is 17.3. The fraction of sp³-hybridized carbons (Fsp3) is 0.280. The van der Waals surface area contributed by atoms with Crippen molar-refractivity contribution >= 4 is 11.6 Å². The lowest BCUT2D eigenvalue weighted by molar-refractivity contribution is -0.137. The maximum absolute atomic E-state index is 14.4. The van der Waals surface area contributed by atoms with Gasteiger partial charge in [-0.25, -0.2) is 4.39 Å². The summed E-state index contributed by atoms with van der Waals surface area (Å²) in [6.45, 7) is 2.12. The van der Waals surface area contributed by atoms with Gasteiger partial charge in [-0.1, -0.05) is 60.1 Å². The summed E-state index contributed by atoms with van der Waals surface area (Å²) in [6.07, 6.45) is -4.06. The van der Waals surface area contributed by atoms with Gasteiger partial charge in [0.05, 0.1) is 11.7 Å². The van der Waals surface area contributed by atoms with Gasteiger partial charge >= 0.3 is 6.18 Å². The Bertz CT molecular complexity index is 1010. The first kappa shape index (κ1) is 22.8. The molecule has 0 N–H and O–H groups in total. The smallest absolute Gasteiger partial charge is 0.280 e. The number of hydrogen-bond acceptors (Lipinski definition) is 2. The molecule has 168 valence electrons. The molecule has 4 rings (SSSR count). The molecule has 7 heteroatoms. The largest absolute Gasteiger partial charge is 0.416 e. The van der Waals surface area contributed by atoms with E-state index in [0.717, 1.165) is 18.1 Å². The summed E-state index contributed by atoms with van der Waals surface area (Å²) in [4.78, 5) is 4.15. The fourth-order valence-electron chi connectivity index (χ4n) is 4.27. The van der Waals surface area contributed by atoms with E-state index in [1.165, 1.54) is 18.2 Å². The molecule has 0 radical (unpaired) electrons. The third-order valence-electron chi connectivity index (χ3n) is 5.76. The summed E-state index contributed by atoms with van der Waals surface area (Å²) in [6, 6.07) is 19.4. The lowest BCUT2D eigenvalue weighted by atomic mass is 10.0. The molecule has 0 aromatic heterocycles. The summed E-state index contributed by atoms with van der Waals surface area (Å²) in [5.74, 6) is -0.321. The highest BCUT2D eigenvalue weighted by Gasteiger charge is 2.35. The highest BCUT2D eigenvalue weighted by Crippen LogP contribution is 2.36. The van der Waals surface area contributed by atoms with Crippen LogP contribution in [0.3, 0.4) is 0 Å². The molecule has 1 aliphatic heterocycles. The number of rotatable bonds is 5. The van der Waals surface area contributed by atoms with Gasteiger partial charge in [-0.15, -0.1) is 0 Å². The van der Waals surface area contributed by atoms with E-state index in [2.05, 4.69) is 4.90 Å². The van der Waals surface area contributed by atoms with Crippen molar-refractivity contribution in [2.24, 2.45) is 0 Å². The Morgan fingerprint density at radius 1 is 0.812 bits per heavy atom. The van der Waals surface area contributed by atoms with Gasteiger partial charge in [0.1, 0.15) is 5.82 Å². The Kier molecular flexibility index (Phi) is 6.84. The van der Waals surface area contributed by atoms with Crippen LogP contribution in [0.15, 0.2) is 72.8 Å². The second-order valence-corrected chi connectivity index (χ2v) is 8.38. The third kappa shape index (κ3) is 5.14. The van der Waals surface area contributed by atoms with E-state index < -0.39 is 17.9 Å². The van der Waals surface area contributed by atoms with Crippen LogP contribution in [0.4, 0.5) is 17.6 Å². The Labute approximate surface area is 190 Å². The highest BCUT2D eigenvalue weighted by molar-refractivity contribution is 6.31. The SMILES string of the molecule is Fc1ccccc1CN1CCCN(Cc2ccccc2Cl)C1c1cccc(C(F)(F)F)c1. The maximum Gasteiger partial charge on any atom is 0.416 e. The molecule has 0 spiro atoms. The summed E-state index contributed by atoms with van der Waals surface area (Å²) >= 11 is 6.37. The maximum atomic E-state index is 14.4. The van der Waals surface area contributed by atoms with E-state index >= 15 is 0 Å². The van der Waals surface area contributed by atoms with Gasteiger partial charge in [0, 0.05) is 36.8 Å². The van der Waals surface area contributed by atoms with Crippen molar-refractivity contribution in [3.8, 4) is 0 Å². The van der Waals surface area contributed by atoms with E-state index in [1.807, 2.05) is 23.1 Å². The molecule has 1 saturated heterocycles. The lowest BCUT2D eigenvalue weighted by Crippen LogP contribution is -2.47. The van der Waals surface area contributed by atoms with E-state index in [4.69, 9.17) is 11.6 Å². The van der Waals surface area contributed by atoms with Gasteiger partial charge in [-0.2, -0.15) is 13.2 Å². The molecule has 3 aromatic carbocycles. The van der Waals surface area contributed by atoms with Gasteiger partial charge in [-0.05, 0) is 41.8 Å². The molecular formula is C25H23ClF4N2. The first-order valence-corrected chi connectivity index (χ1v) is 10.8. The number of hydrogen-bond donors (Lipinski definition) is 0. The minimum atomic E-state index is -4.44. The average Bonchev–Trinajstić information content (AvgIpc) is 2.77. The average molecular weight is 463 g/mol. The third-order valence-corrected chi connectivity index (χ3v) is 6.13. The van der Waals surface area contributed by atoms with E-state index in [0.29, 0.717) is 42.3 Å². The number of benzene rings is 3. The minimum absolute atomic E-state index is 0.298. The van der Waals surface area contributed by atoms with Crippen LogP contribution in [0.2, 0.25) is 5.02 Å². The van der Waals surface area contributed by atoms with Crippen molar-refractivity contribution in [2.45, 2.75) is 31.9 Å². The first-order valence-electron chi connectivity index (χ1n) is 10.4. The van der Waals surface area contributed by atoms with Gasteiger partial charge in [0.25, 0.3) is 0 Å². The molecule has 0 amide bonds. The molecule has 1 fully saturated rings. The van der Waals surface area contributed by atoms with Crippen molar-refractivity contribution in [3.63, 3.8) is 0 Å². The molecular weight excluding hydrogens is 440 g/mol. The summed E-state index contributed by atoms with van der Waals surface area (Å²) < 4.78 is 54.7. The molecule has 0 aliphatic carbocycles. The zero-order chi connectivity index (χ0) is 22.7. The van der Waals surface area contributed by atoms with Crippen LogP contribution >= 0.6 is 11.6 Å². The summed E-state index contributed by atoms with van der Waals surface area (Å²) in [5, 5.41) is 0.613. The van der Waals surface area contributed by atoms with Crippen LogP contribution in [0, 0.1) is 5.82 Å². The first-order chi connectivity index (χ1) is 15.3. The quantitative estimate of drug-likeness (QED) is 0.380. The highest BCUT2D eigenvalue weighted by atomic mass is 35.5. The van der Waals surface area contributed by atoms with Gasteiger partial charge < -0.3 is 0 Å². The Hall–Kier alpha value is -2.41. The molecule has 3 aromatic rings. The van der Waals surface area contributed by atoms with E-state index in [9.17, 15) is 17.6 Å². The van der Waals surface area contributed by atoms with Gasteiger partial charge in [0.2, 0.25) is 0 Å². The van der Waals surface area contributed by atoms with Gasteiger partial charge in [-0.3, -0.25) is 9.80 Å². The van der Waals surface area contributed by atoms with Crippen molar-refractivity contribution < 1.29 is 17.6 Å². The number of halogens is 5. The molecule has 0 bridgehead atoms. The molecule has 1 unspecified atom stereocenters. The predicted octanol–water partition coefficient (Wildman–Crippen LogP) is 6.90. The molecule has 1 atom stereocenters. The predicted molar refractivity (Wildman–Crippen MR) is 117 cm³/mol. The molecule has 2 nitrogen and oxygen atoms in total. The normalized spacial score (nSPS) is 18.1. The Morgan fingerprint density at radius 3 is 2.09 bits per heavy atom. The van der Waals surface area contributed by atoms with Crippen molar-refractivity contribution in [3.05, 3.63) is 106 Å². The Balaban J connectivity index is 1.72. The van der Waals surface area contributed by atoms with E-state index in [-0.39, 0.29) is 5.82 Å². The van der Waals surface area contributed by atoms with Crippen molar-refractivity contribution in [1.82, 2.24) is 9.80 Å². The van der Waals surface area contributed by atoms with Crippen molar-refractivity contribution in [1.29, 1.82) is 0 Å². The lowest BCUT2D eigenvalue weighted by Gasteiger charge is -2.44. The molecule has 32 heavy (non-hydrogen) atoms. The van der Waals surface area contributed by atoms with Crippen LogP contribution < -0.4 is 0 Å². The van der Waals surface area contributed by atoms with E-state index in [1.54, 1.807) is 30.3 Å². The fourth-order valence-corrected chi connectivity index (χ4v) is 4.47. The van der Waals surface area contributed by atoms with Crippen molar-refractivity contribution in [2.75, 3.05) is 13.1 Å². The molecule has 1 aliphatic rings. The summed E-state index contributed by atoms with van der Waals surface area (Å²) in [7, 11) is 0. The monoisotopic (exact) mass is 462 g/mol. The molecule has 0 saturated carbocycles. The van der Waals surface area contributed by atoms with Crippen LogP contribution in [0.5, 0.6) is 0 Å². The number of nitrogens with zero attached hydrogens (tertiary/aromatic N) is 2. The second-order valence-electron chi connectivity index (χ2n) is 7.97. The summed E-state index contributed by atoms with van der Waals surface area (Å²) in [5.41, 5.74) is 1.26. The standard InChI is InChI=1S/C25H23ClF4N2/c26-22-11-3-1-7-19(22)16-31-13-6-14-32(17-20-8-2-4-12-23(20)27)24(31)18-9-5-10-21(15-18)25(28,29)30/h1-5,7-12,15,24H,6,13-14,16-17H2. The second kappa shape index (κ2) is 9.61.